The number of halogens is 2. The first kappa shape index (κ1) is 13.9. The van der Waals surface area contributed by atoms with Crippen LogP contribution in [0.5, 0.6) is 5.75 Å². The first-order valence-corrected chi connectivity index (χ1v) is 7.70. The van der Waals surface area contributed by atoms with Crippen molar-refractivity contribution in [3.05, 3.63) is 62.1 Å². The molecule has 0 amide bonds. The maximum atomic E-state index is 6.44. The van der Waals surface area contributed by atoms with Crippen LogP contribution < -0.4 is 10.5 Å². The monoisotopic (exact) mass is 351 g/mol. The Labute approximate surface area is 132 Å². The van der Waals surface area contributed by atoms with Crippen LogP contribution >= 0.6 is 27.5 Å². The minimum absolute atomic E-state index is 0.285. The standard InChI is InChI=1S/C16H15BrClNO/c1-9-3-2-4-12(14(9)18)15(19)13-8-11(17)7-10-5-6-20-16(10)13/h2-4,7-8,15H,5-6,19H2,1H3. The smallest absolute Gasteiger partial charge is 0.127 e. The van der Waals surface area contributed by atoms with Crippen LogP contribution in [0, 0.1) is 6.92 Å². The maximum absolute atomic E-state index is 6.44. The molecule has 2 aromatic carbocycles. The maximum Gasteiger partial charge on any atom is 0.127 e. The van der Waals surface area contributed by atoms with Crippen molar-refractivity contribution in [1.29, 1.82) is 0 Å². The van der Waals surface area contributed by atoms with E-state index in [0.717, 1.165) is 38.4 Å². The summed E-state index contributed by atoms with van der Waals surface area (Å²) in [4.78, 5) is 0. The van der Waals surface area contributed by atoms with Gasteiger partial charge < -0.3 is 10.5 Å². The van der Waals surface area contributed by atoms with Gasteiger partial charge in [0, 0.05) is 21.5 Å². The molecular formula is C16H15BrClNO. The van der Waals surface area contributed by atoms with E-state index >= 15 is 0 Å². The summed E-state index contributed by atoms with van der Waals surface area (Å²) in [5.74, 6) is 0.915. The van der Waals surface area contributed by atoms with E-state index < -0.39 is 0 Å². The summed E-state index contributed by atoms with van der Waals surface area (Å²) in [6.45, 7) is 2.70. The fourth-order valence-electron chi connectivity index (χ4n) is 2.61. The fraction of sp³-hybridized carbons (Fsp3) is 0.250. The molecule has 2 N–H and O–H groups in total. The third kappa shape index (κ3) is 2.34. The van der Waals surface area contributed by atoms with Gasteiger partial charge in [0.2, 0.25) is 0 Å². The molecule has 0 fully saturated rings. The minimum Gasteiger partial charge on any atom is -0.493 e. The van der Waals surface area contributed by atoms with Gasteiger partial charge in [0.15, 0.2) is 0 Å². The summed E-state index contributed by atoms with van der Waals surface area (Å²) in [6, 6.07) is 9.77. The normalized spacial score (nSPS) is 14.8. The molecule has 104 valence electrons. The SMILES string of the molecule is Cc1cccc(C(N)c2cc(Br)cc3c2OCC3)c1Cl. The summed E-state index contributed by atoms with van der Waals surface area (Å²) >= 11 is 9.94. The lowest BCUT2D eigenvalue weighted by Crippen LogP contribution is -2.14. The van der Waals surface area contributed by atoms with Gasteiger partial charge in [-0.25, -0.2) is 0 Å². The Hall–Kier alpha value is -1.03. The van der Waals surface area contributed by atoms with Crippen molar-refractivity contribution in [2.45, 2.75) is 19.4 Å². The van der Waals surface area contributed by atoms with E-state index in [2.05, 4.69) is 22.0 Å². The molecule has 4 heteroatoms. The van der Waals surface area contributed by atoms with Crippen molar-refractivity contribution in [2.75, 3.05) is 6.61 Å². The van der Waals surface area contributed by atoms with E-state index in [1.807, 2.05) is 31.2 Å². The van der Waals surface area contributed by atoms with Gasteiger partial charge in [-0.3, -0.25) is 0 Å². The highest BCUT2D eigenvalue weighted by Gasteiger charge is 2.23. The second kappa shape index (κ2) is 5.40. The Balaban J connectivity index is 2.11. The molecule has 0 spiro atoms. The van der Waals surface area contributed by atoms with Crippen LogP contribution in [0.3, 0.4) is 0 Å². The van der Waals surface area contributed by atoms with Crippen molar-refractivity contribution in [1.82, 2.24) is 0 Å². The summed E-state index contributed by atoms with van der Waals surface area (Å²) in [7, 11) is 0. The predicted molar refractivity (Wildman–Crippen MR) is 85.6 cm³/mol. The molecule has 1 aliphatic rings. The third-order valence-corrected chi connectivity index (χ3v) is 4.64. The first-order valence-electron chi connectivity index (χ1n) is 6.53. The number of ether oxygens (including phenoxy) is 1. The summed E-state index contributed by atoms with van der Waals surface area (Å²) in [5, 5.41) is 0.728. The van der Waals surface area contributed by atoms with E-state index in [4.69, 9.17) is 22.1 Å². The number of nitrogens with two attached hydrogens (primary N) is 1. The Bertz CT molecular complexity index is 672. The molecule has 1 atom stereocenters. The van der Waals surface area contributed by atoms with Crippen LogP contribution in [0.2, 0.25) is 5.02 Å². The lowest BCUT2D eigenvalue weighted by molar-refractivity contribution is 0.352. The van der Waals surface area contributed by atoms with Crippen molar-refractivity contribution in [2.24, 2.45) is 5.73 Å². The van der Waals surface area contributed by atoms with Crippen LogP contribution in [-0.2, 0) is 6.42 Å². The van der Waals surface area contributed by atoms with Crippen molar-refractivity contribution in [3.63, 3.8) is 0 Å². The average Bonchev–Trinajstić information content (AvgIpc) is 2.88. The average molecular weight is 353 g/mol. The van der Waals surface area contributed by atoms with Crippen LogP contribution in [0.25, 0.3) is 0 Å². The highest BCUT2D eigenvalue weighted by Crippen LogP contribution is 2.39. The number of fused-ring (bicyclic) bond motifs is 1. The van der Waals surface area contributed by atoms with Crippen molar-refractivity contribution >= 4 is 27.5 Å². The van der Waals surface area contributed by atoms with Crippen LogP contribution in [-0.4, -0.2) is 6.61 Å². The Kier molecular flexibility index (Phi) is 3.76. The fourth-order valence-corrected chi connectivity index (χ4v) is 3.37. The number of aryl methyl sites for hydroxylation is 1. The minimum atomic E-state index is -0.285. The number of hydrogen-bond donors (Lipinski definition) is 1. The van der Waals surface area contributed by atoms with Gasteiger partial charge in [0.25, 0.3) is 0 Å². The highest BCUT2D eigenvalue weighted by atomic mass is 79.9. The second-order valence-electron chi connectivity index (χ2n) is 5.04. The van der Waals surface area contributed by atoms with E-state index in [0.29, 0.717) is 6.61 Å². The molecular weight excluding hydrogens is 338 g/mol. The quantitative estimate of drug-likeness (QED) is 0.870. The van der Waals surface area contributed by atoms with Gasteiger partial charge >= 0.3 is 0 Å². The number of benzene rings is 2. The van der Waals surface area contributed by atoms with Gasteiger partial charge in [0.1, 0.15) is 5.75 Å². The van der Waals surface area contributed by atoms with Crippen LogP contribution in [0.4, 0.5) is 0 Å². The Morgan fingerprint density at radius 1 is 1.30 bits per heavy atom. The zero-order chi connectivity index (χ0) is 14.3. The molecule has 1 heterocycles. The van der Waals surface area contributed by atoms with Gasteiger partial charge in [-0.1, -0.05) is 45.7 Å². The largest absolute Gasteiger partial charge is 0.493 e. The van der Waals surface area contributed by atoms with Crippen molar-refractivity contribution in [3.8, 4) is 5.75 Å². The predicted octanol–water partition coefficient (Wildman–Crippen LogP) is 4.39. The van der Waals surface area contributed by atoms with Gasteiger partial charge in [-0.2, -0.15) is 0 Å². The van der Waals surface area contributed by atoms with E-state index in [1.54, 1.807) is 0 Å². The van der Waals surface area contributed by atoms with Gasteiger partial charge in [-0.05, 0) is 35.7 Å². The van der Waals surface area contributed by atoms with E-state index in [-0.39, 0.29) is 6.04 Å². The Morgan fingerprint density at radius 2 is 2.10 bits per heavy atom. The number of rotatable bonds is 2. The van der Waals surface area contributed by atoms with Crippen LogP contribution in [0.1, 0.15) is 28.3 Å². The highest BCUT2D eigenvalue weighted by molar-refractivity contribution is 9.10. The molecule has 2 nitrogen and oxygen atoms in total. The van der Waals surface area contributed by atoms with Gasteiger partial charge in [-0.15, -0.1) is 0 Å². The van der Waals surface area contributed by atoms with E-state index in [1.165, 1.54) is 5.56 Å². The molecule has 0 saturated carbocycles. The summed E-state index contributed by atoms with van der Waals surface area (Å²) in [5.41, 5.74) is 10.6. The zero-order valence-electron chi connectivity index (χ0n) is 11.1. The number of hydrogen-bond acceptors (Lipinski definition) is 2. The molecule has 20 heavy (non-hydrogen) atoms. The zero-order valence-corrected chi connectivity index (χ0v) is 13.5. The molecule has 3 rings (SSSR count). The lowest BCUT2D eigenvalue weighted by atomic mass is 9.95. The molecule has 2 aromatic rings. The lowest BCUT2D eigenvalue weighted by Gasteiger charge is -2.18. The summed E-state index contributed by atoms with van der Waals surface area (Å²) in [6.07, 6.45) is 0.927. The molecule has 0 aromatic heterocycles. The second-order valence-corrected chi connectivity index (χ2v) is 6.33. The molecule has 0 aliphatic carbocycles. The molecule has 1 unspecified atom stereocenters. The molecule has 1 aliphatic heterocycles. The molecule has 0 radical (unpaired) electrons. The van der Waals surface area contributed by atoms with Gasteiger partial charge in [0.05, 0.1) is 12.6 Å². The molecule has 0 bridgehead atoms. The van der Waals surface area contributed by atoms with Crippen molar-refractivity contribution < 1.29 is 4.74 Å². The first-order chi connectivity index (χ1) is 9.58. The Morgan fingerprint density at radius 3 is 2.90 bits per heavy atom. The van der Waals surface area contributed by atoms with E-state index in [9.17, 15) is 0 Å². The topological polar surface area (TPSA) is 35.2 Å². The third-order valence-electron chi connectivity index (χ3n) is 3.67. The van der Waals surface area contributed by atoms with Crippen LogP contribution in [0.15, 0.2) is 34.8 Å². The summed E-state index contributed by atoms with van der Waals surface area (Å²) < 4.78 is 6.78. The molecule has 0 saturated heterocycles.